The Labute approximate surface area is 158 Å². The molecule has 0 saturated heterocycles. The first kappa shape index (κ1) is 18.7. The summed E-state index contributed by atoms with van der Waals surface area (Å²) in [6.45, 7) is 1.14. The van der Waals surface area contributed by atoms with Crippen LogP contribution in [0.4, 0.5) is 4.39 Å². The number of halogens is 1. The van der Waals surface area contributed by atoms with Crippen molar-refractivity contribution < 1.29 is 18.6 Å². The van der Waals surface area contributed by atoms with Crippen LogP contribution >= 0.6 is 0 Å². The third-order valence-electron chi connectivity index (χ3n) is 4.04. The van der Waals surface area contributed by atoms with Crippen LogP contribution in [0.2, 0.25) is 0 Å². The molecule has 0 spiro atoms. The van der Waals surface area contributed by atoms with E-state index in [0.717, 1.165) is 5.56 Å². The SMILES string of the molecule is COc1ccc(F)c(-c2ccc(OCCN)c(OCc3ccccc3)c2)c1. The van der Waals surface area contributed by atoms with Gasteiger partial charge in [0.2, 0.25) is 0 Å². The number of nitrogens with two attached hydrogens (primary N) is 1. The quantitative estimate of drug-likeness (QED) is 0.640. The minimum Gasteiger partial charge on any atom is -0.497 e. The van der Waals surface area contributed by atoms with Crippen molar-refractivity contribution in [2.75, 3.05) is 20.3 Å². The second kappa shape index (κ2) is 9.05. The van der Waals surface area contributed by atoms with Gasteiger partial charge in [0.15, 0.2) is 11.5 Å². The van der Waals surface area contributed by atoms with Crippen LogP contribution in [0, 0.1) is 5.82 Å². The Morgan fingerprint density at radius 1 is 0.889 bits per heavy atom. The van der Waals surface area contributed by atoms with Crippen LogP contribution in [-0.4, -0.2) is 20.3 Å². The number of ether oxygens (including phenoxy) is 3. The predicted octanol–water partition coefficient (Wildman–Crippen LogP) is 4.42. The zero-order chi connectivity index (χ0) is 19.1. The lowest BCUT2D eigenvalue weighted by Crippen LogP contribution is -2.11. The van der Waals surface area contributed by atoms with Crippen molar-refractivity contribution >= 4 is 0 Å². The second-order valence-electron chi connectivity index (χ2n) is 5.92. The monoisotopic (exact) mass is 367 g/mol. The van der Waals surface area contributed by atoms with Crippen LogP contribution < -0.4 is 19.9 Å². The molecule has 3 aromatic rings. The number of hydrogen-bond donors (Lipinski definition) is 1. The molecule has 0 aliphatic carbocycles. The highest BCUT2D eigenvalue weighted by Crippen LogP contribution is 2.35. The van der Waals surface area contributed by atoms with E-state index < -0.39 is 0 Å². The Kier molecular flexibility index (Phi) is 6.28. The van der Waals surface area contributed by atoms with Crippen LogP contribution in [0.1, 0.15) is 5.56 Å². The molecule has 0 atom stereocenters. The van der Waals surface area contributed by atoms with Crippen molar-refractivity contribution in [1.29, 1.82) is 0 Å². The van der Waals surface area contributed by atoms with Crippen LogP contribution in [0.3, 0.4) is 0 Å². The normalized spacial score (nSPS) is 10.5. The van der Waals surface area contributed by atoms with Gasteiger partial charge in [-0.05, 0) is 41.5 Å². The smallest absolute Gasteiger partial charge is 0.162 e. The molecule has 0 saturated carbocycles. The van der Waals surface area contributed by atoms with Crippen molar-refractivity contribution in [3.05, 3.63) is 78.1 Å². The van der Waals surface area contributed by atoms with Gasteiger partial charge in [0, 0.05) is 12.1 Å². The molecule has 4 nitrogen and oxygen atoms in total. The average Bonchev–Trinajstić information content (AvgIpc) is 2.72. The highest BCUT2D eigenvalue weighted by Gasteiger charge is 2.12. The molecule has 0 bridgehead atoms. The van der Waals surface area contributed by atoms with Gasteiger partial charge in [-0.25, -0.2) is 4.39 Å². The Balaban J connectivity index is 1.92. The van der Waals surface area contributed by atoms with E-state index in [1.807, 2.05) is 30.3 Å². The maximum atomic E-state index is 14.3. The van der Waals surface area contributed by atoms with Gasteiger partial charge in [-0.3, -0.25) is 0 Å². The molecule has 0 aliphatic rings. The molecule has 0 radical (unpaired) electrons. The molecule has 3 aromatic carbocycles. The summed E-state index contributed by atoms with van der Waals surface area (Å²) >= 11 is 0. The third-order valence-corrected chi connectivity index (χ3v) is 4.04. The van der Waals surface area contributed by atoms with E-state index in [1.165, 1.54) is 6.07 Å². The fourth-order valence-corrected chi connectivity index (χ4v) is 2.66. The van der Waals surface area contributed by atoms with Gasteiger partial charge >= 0.3 is 0 Å². The van der Waals surface area contributed by atoms with E-state index in [9.17, 15) is 4.39 Å². The van der Waals surface area contributed by atoms with E-state index in [2.05, 4.69) is 0 Å². The maximum Gasteiger partial charge on any atom is 0.162 e. The van der Waals surface area contributed by atoms with Crippen molar-refractivity contribution in [1.82, 2.24) is 0 Å². The average molecular weight is 367 g/mol. The molecule has 27 heavy (non-hydrogen) atoms. The molecule has 140 valence electrons. The van der Waals surface area contributed by atoms with Crippen LogP contribution in [0.15, 0.2) is 66.7 Å². The van der Waals surface area contributed by atoms with Gasteiger partial charge in [0.25, 0.3) is 0 Å². The van der Waals surface area contributed by atoms with Crippen molar-refractivity contribution in [2.24, 2.45) is 5.73 Å². The molecular formula is C22H22FNO3. The van der Waals surface area contributed by atoms with Gasteiger partial charge in [0.05, 0.1) is 7.11 Å². The van der Waals surface area contributed by atoms with E-state index in [0.29, 0.717) is 48.1 Å². The van der Waals surface area contributed by atoms with Crippen LogP contribution in [0.25, 0.3) is 11.1 Å². The molecule has 0 aliphatic heterocycles. The molecule has 5 heteroatoms. The Hall–Kier alpha value is -3.05. The molecular weight excluding hydrogens is 345 g/mol. The van der Waals surface area contributed by atoms with E-state index in [4.69, 9.17) is 19.9 Å². The predicted molar refractivity (Wildman–Crippen MR) is 104 cm³/mol. The molecule has 2 N–H and O–H groups in total. The van der Waals surface area contributed by atoms with E-state index >= 15 is 0 Å². The first-order valence-electron chi connectivity index (χ1n) is 8.69. The van der Waals surface area contributed by atoms with Crippen LogP contribution in [-0.2, 0) is 6.61 Å². The molecule has 0 aromatic heterocycles. The Morgan fingerprint density at radius 2 is 1.70 bits per heavy atom. The van der Waals surface area contributed by atoms with Crippen molar-refractivity contribution in [3.8, 4) is 28.4 Å². The summed E-state index contributed by atoms with van der Waals surface area (Å²) < 4.78 is 31.2. The molecule has 3 rings (SSSR count). The summed E-state index contributed by atoms with van der Waals surface area (Å²) in [7, 11) is 1.55. The minimum absolute atomic E-state index is 0.333. The van der Waals surface area contributed by atoms with Gasteiger partial charge in [-0.2, -0.15) is 0 Å². The lowest BCUT2D eigenvalue weighted by molar-refractivity contribution is 0.266. The summed E-state index contributed by atoms with van der Waals surface area (Å²) in [5, 5.41) is 0. The lowest BCUT2D eigenvalue weighted by atomic mass is 10.0. The topological polar surface area (TPSA) is 53.7 Å². The fourth-order valence-electron chi connectivity index (χ4n) is 2.66. The second-order valence-corrected chi connectivity index (χ2v) is 5.92. The highest BCUT2D eigenvalue weighted by atomic mass is 19.1. The maximum absolute atomic E-state index is 14.3. The largest absolute Gasteiger partial charge is 0.497 e. The zero-order valence-corrected chi connectivity index (χ0v) is 15.2. The highest BCUT2D eigenvalue weighted by molar-refractivity contribution is 5.69. The van der Waals surface area contributed by atoms with Crippen molar-refractivity contribution in [3.63, 3.8) is 0 Å². The third kappa shape index (κ3) is 4.77. The number of rotatable bonds is 8. The summed E-state index contributed by atoms with van der Waals surface area (Å²) in [6, 6.07) is 19.8. The molecule has 0 heterocycles. The fraction of sp³-hybridized carbons (Fsp3) is 0.182. The Morgan fingerprint density at radius 3 is 2.44 bits per heavy atom. The van der Waals surface area contributed by atoms with Crippen LogP contribution in [0.5, 0.6) is 17.2 Å². The van der Waals surface area contributed by atoms with Gasteiger partial charge in [-0.1, -0.05) is 36.4 Å². The van der Waals surface area contributed by atoms with Gasteiger partial charge < -0.3 is 19.9 Å². The molecule has 0 fully saturated rings. The molecule has 0 amide bonds. The minimum atomic E-state index is -0.333. The number of hydrogen-bond acceptors (Lipinski definition) is 4. The van der Waals surface area contributed by atoms with Gasteiger partial charge in [0.1, 0.15) is 24.8 Å². The molecule has 0 unspecified atom stereocenters. The lowest BCUT2D eigenvalue weighted by Gasteiger charge is -2.15. The van der Waals surface area contributed by atoms with E-state index in [1.54, 1.807) is 37.4 Å². The van der Waals surface area contributed by atoms with E-state index in [-0.39, 0.29) is 5.82 Å². The van der Waals surface area contributed by atoms with Crippen molar-refractivity contribution in [2.45, 2.75) is 6.61 Å². The first-order valence-corrected chi connectivity index (χ1v) is 8.69. The Bertz CT molecular complexity index is 884. The number of methoxy groups -OCH3 is 1. The van der Waals surface area contributed by atoms with Gasteiger partial charge in [-0.15, -0.1) is 0 Å². The number of benzene rings is 3. The summed E-state index contributed by atoms with van der Waals surface area (Å²) in [6.07, 6.45) is 0. The first-order chi connectivity index (χ1) is 13.2. The standard InChI is InChI=1S/C22H22FNO3/c1-25-18-8-9-20(23)19(14-18)17-7-10-21(26-12-11-24)22(13-17)27-15-16-5-3-2-4-6-16/h2-10,13-14H,11-12,15,24H2,1H3. The zero-order valence-electron chi connectivity index (χ0n) is 15.2. The summed E-state index contributed by atoms with van der Waals surface area (Å²) in [5.74, 6) is 1.36. The summed E-state index contributed by atoms with van der Waals surface area (Å²) in [4.78, 5) is 0. The summed E-state index contributed by atoms with van der Waals surface area (Å²) in [5.41, 5.74) is 7.67.